The number of fused-ring (bicyclic) bond motifs is 2. The number of aliphatic hydroxyl groups is 1. The van der Waals surface area contributed by atoms with Crippen LogP contribution < -0.4 is 0 Å². The van der Waals surface area contributed by atoms with E-state index in [4.69, 9.17) is 9.47 Å². The van der Waals surface area contributed by atoms with Crippen molar-refractivity contribution in [3.05, 3.63) is 24.3 Å². The number of hydrogen-bond donors (Lipinski definition) is 1. The van der Waals surface area contributed by atoms with Crippen molar-refractivity contribution < 1.29 is 29.0 Å². The summed E-state index contributed by atoms with van der Waals surface area (Å²) in [5.41, 5.74) is -1.84. The minimum atomic E-state index is -1.32. The lowest BCUT2D eigenvalue weighted by Gasteiger charge is -2.45. The predicted molar refractivity (Wildman–Crippen MR) is 144 cm³/mol. The van der Waals surface area contributed by atoms with Crippen molar-refractivity contribution in [2.45, 2.75) is 103 Å². The molecule has 38 heavy (non-hydrogen) atoms. The van der Waals surface area contributed by atoms with E-state index in [9.17, 15) is 19.5 Å². The van der Waals surface area contributed by atoms with Gasteiger partial charge in [-0.15, -0.1) is 0 Å². The first-order valence-corrected chi connectivity index (χ1v) is 14.2. The van der Waals surface area contributed by atoms with Crippen LogP contribution in [0.5, 0.6) is 0 Å². The van der Waals surface area contributed by atoms with Crippen LogP contribution in [0.25, 0.3) is 0 Å². The summed E-state index contributed by atoms with van der Waals surface area (Å²) in [6.07, 6.45) is 9.69. The van der Waals surface area contributed by atoms with Crippen LogP contribution >= 0.6 is 0 Å². The number of hydrogen-bond acceptors (Lipinski definition) is 6. The lowest BCUT2D eigenvalue weighted by Crippen LogP contribution is -2.61. The number of nitrogens with zero attached hydrogens (tertiary/aromatic N) is 2. The van der Waals surface area contributed by atoms with E-state index in [2.05, 4.69) is 34.6 Å². The first kappa shape index (κ1) is 28.8. The second-order valence-electron chi connectivity index (χ2n) is 13.7. The molecule has 0 saturated carbocycles. The Balaban J connectivity index is 1.85. The topological polar surface area (TPSA) is 96.4 Å². The Labute approximate surface area is 227 Å². The molecule has 4 heterocycles. The fourth-order valence-corrected chi connectivity index (χ4v) is 7.34. The second-order valence-corrected chi connectivity index (χ2v) is 13.7. The molecule has 2 fully saturated rings. The van der Waals surface area contributed by atoms with Gasteiger partial charge in [0.25, 0.3) is 0 Å². The maximum atomic E-state index is 14.6. The number of amides is 2. The van der Waals surface area contributed by atoms with Crippen LogP contribution in [0.4, 0.5) is 0 Å². The van der Waals surface area contributed by atoms with Crippen LogP contribution in [-0.4, -0.2) is 81.8 Å². The van der Waals surface area contributed by atoms with Gasteiger partial charge in [-0.25, -0.2) is 0 Å². The molecule has 6 atom stereocenters. The van der Waals surface area contributed by atoms with E-state index in [0.717, 1.165) is 12.8 Å². The van der Waals surface area contributed by atoms with Gasteiger partial charge in [-0.1, -0.05) is 58.9 Å². The van der Waals surface area contributed by atoms with Gasteiger partial charge in [0.2, 0.25) is 11.8 Å². The number of rotatable bonds is 6. The van der Waals surface area contributed by atoms with E-state index in [1.165, 1.54) is 0 Å². The van der Waals surface area contributed by atoms with Crippen molar-refractivity contribution >= 4 is 17.8 Å². The molecule has 4 rings (SSSR count). The smallest absolute Gasteiger partial charge is 0.312 e. The molecule has 1 spiro atoms. The summed E-state index contributed by atoms with van der Waals surface area (Å²) in [5, 5.41) is 10.5. The third-order valence-corrected chi connectivity index (χ3v) is 8.33. The van der Waals surface area contributed by atoms with Gasteiger partial charge in [-0.3, -0.25) is 14.4 Å². The largest absolute Gasteiger partial charge is 0.465 e. The molecular weight excluding hydrogens is 484 g/mol. The molecule has 1 unspecified atom stereocenters. The molecular formula is C30H46N2O6. The number of likely N-dealkylation sites (tertiary alicyclic amines) is 1. The Hall–Kier alpha value is -2.19. The Morgan fingerprint density at radius 2 is 1.82 bits per heavy atom. The first-order chi connectivity index (χ1) is 17.7. The van der Waals surface area contributed by atoms with Crippen LogP contribution in [0, 0.1) is 23.2 Å². The number of cyclic esters (lactones) is 1. The normalized spacial score (nSPS) is 33.7. The lowest BCUT2D eigenvalue weighted by molar-refractivity contribution is -0.158. The average Bonchev–Trinajstić information content (AvgIpc) is 3.20. The monoisotopic (exact) mass is 530 g/mol. The third kappa shape index (κ3) is 5.06. The fraction of sp³-hybridized carbons (Fsp3) is 0.767. The van der Waals surface area contributed by atoms with Crippen LogP contribution in [-0.2, 0) is 23.9 Å². The first-order valence-electron chi connectivity index (χ1n) is 14.2. The molecule has 4 aliphatic heterocycles. The van der Waals surface area contributed by atoms with E-state index in [1.807, 2.05) is 43.1 Å². The van der Waals surface area contributed by atoms with Gasteiger partial charge in [0.15, 0.2) is 0 Å². The summed E-state index contributed by atoms with van der Waals surface area (Å²) in [4.78, 5) is 45.8. The Kier molecular flexibility index (Phi) is 7.90. The number of allylic oxidation sites excluding steroid dienone is 1. The third-order valence-electron chi connectivity index (χ3n) is 8.33. The second kappa shape index (κ2) is 10.4. The SMILES string of the molecule is CC(C)C[C@H](CO)N1C(=O)[C@@H]2[C@@H]3C(=O)OCCC/C=C\[C@@H]3O[C@@]23C=CCN(C(C)(C)CC(C)(C)C)C(=O)C13. The molecule has 2 saturated heterocycles. The zero-order valence-electron chi connectivity index (χ0n) is 24.1. The zero-order chi connectivity index (χ0) is 28.0. The van der Waals surface area contributed by atoms with E-state index < -0.39 is 47.1 Å². The number of esters is 1. The summed E-state index contributed by atoms with van der Waals surface area (Å²) in [7, 11) is 0. The Bertz CT molecular complexity index is 995. The highest BCUT2D eigenvalue weighted by molar-refractivity contribution is 5.99. The van der Waals surface area contributed by atoms with Crippen LogP contribution in [0.3, 0.4) is 0 Å². The van der Waals surface area contributed by atoms with Crippen LogP contribution in [0.1, 0.15) is 74.1 Å². The van der Waals surface area contributed by atoms with Gasteiger partial charge >= 0.3 is 5.97 Å². The quantitative estimate of drug-likeness (QED) is 0.417. The highest BCUT2D eigenvalue weighted by Gasteiger charge is 2.72. The zero-order valence-corrected chi connectivity index (χ0v) is 24.1. The molecule has 8 nitrogen and oxygen atoms in total. The van der Waals surface area contributed by atoms with Crippen molar-refractivity contribution in [3.63, 3.8) is 0 Å². The number of aliphatic hydroxyl groups excluding tert-OH is 1. The highest BCUT2D eigenvalue weighted by atomic mass is 16.6. The van der Waals surface area contributed by atoms with Gasteiger partial charge in [-0.05, 0) is 50.9 Å². The fourth-order valence-electron chi connectivity index (χ4n) is 7.34. The molecule has 1 N–H and O–H groups in total. The maximum Gasteiger partial charge on any atom is 0.312 e. The molecule has 0 aromatic rings. The number of carbonyl (C=O) groups excluding carboxylic acids is 3. The molecule has 0 aromatic heterocycles. The van der Waals surface area contributed by atoms with Crippen molar-refractivity contribution in [2.75, 3.05) is 19.8 Å². The van der Waals surface area contributed by atoms with Crippen molar-refractivity contribution in [1.82, 2.24) is 9.80 Å². The lowest BCUT2D eigenvalue weighted by atomic mass is 9.77. The van der Waals surface area contributed by atoms with Gasteiger partial charge in [0, 0.05) is 12.1 Å². The van der Waals surface area contributed by atoms with Gasteiger partial charge in [0.1, 0.15) is 17.6 Å². The van der Waals surface area contributed by atoms with Crippen LogP contribution in [0.2, 0.25) is 0 Å². The molecule has 0 bridgehead atoms. The number of ether oxygens (including phenoxy) is 2. The van der Waals surface area contributed by atoms with E-state index in [-0.39, 0.29) is 36.4 Å². The number of carbonyl (C=O) groups is 3. The highest BCUT2D eigenvalue weighted by Crippen LogP contribution is 2.54. The molecule has 0 aliphatic carbocycles. The summed E-state index contributed by atoms with van der Waals surface area (Å²) in [6, 6.07) is -1.55. The van der Waals surface area contributed by atoms with Gasteiger partial charge < -0.3 is 24.4 Å². The summed E-state index contributed by atoms with van der Waals surface area (Å²) in [5.74, 6) is -2.55. The summed E-state index contributed by atoms with van der Waals surface area (Å²) in [6.45, 7) is 15.0. The van der Waals surface area contributed by atoms with E-state index in [1.54, 1.807) is 4.90 Å². The van der Waals surface area contributed by atoms with Crippen LogP contribution in [0.15, 0.2) is 24.3 Å². The summed E-state index contributed by atoms with van der Waals surface area (Å²) >= 11 is 0. The molecule has 4 aliphatic rings. The predicted octanol–water partition coefficient (Wildman–Crippen LogP) is 3.48. The maximum absolute atomic E-state index is 14.6. The molecule has 0 radical (unpaired) electrons. The van der Waals surface area contributed by atoms with E-state index >= 15 is 0 Å². The Morgan fingerprint density at radius 1 is 1.11 bits per heavy atom. The molecule has 212 valence electrons. The Morgan fingerprint density at radius 3 is 2.45 bits per heavy atom. The van der Waals surface area contributed by atoms with Gasteiger partial charge in [-0.2, -0.15) is 0 Å². The van der Waals surface area contributed by atoms with Crippen molar-refractivity contribution in [3.8, 4) is 0 Å². The molecule has 0 aromatic carbocycles. The summed E-state index contributed by atoms with van der Waals surface area (Å²) < 4.78 is 12.3. The standard InChI is InChI=1S/C30H46N2O6/c1-19(2)16-20(17-33)32-24-26(35)31(29(6,7)18-28(3,4)5)14-11-13-30(24)23(25(32)34)22-21(38-30)12-9-8-10-15-37-27(22)36/h9,11-13,19-24,33H,8,10,14-18H2,1-7H3/b12-9-/t20-,21+,22-,23+,24?,30+/m1/s1. The minimum Gasteiger partial charge on any atom is -0.465 e. The van der Waals surface area contributed by atoms with Crippen molar-refractivity contribution in [1.29, 1.82) is 0 Å². The molecule has 8 heteroatoms. The molecule has 2 amide bonds. The average molecular weight is 531 g/mol. The van der Waals surface area contributed by atoms with E-state index in [0.29, 0.717) is 19.4 Å². The van der Waals surface area contributed by atoms with Crippen molar-refractivity contribution in [2.24, 2.45) is 23.2 Å². The van der Waals surface area contributed by atoms with Gasteiger partial charge in [0.05, 0.1) is 31.3 Å². The minimum absolute atomic E-state index is 0.0289.